The molecule has 1 saturated heterocycles. The van der Waals surface area contributed by atoms with Crippen LogP contribution in [0, 0.1) is 0 Å². The van der Waals surface area contributed by atoms with E-state index in [0.29, 0.717) is 0 Å². The third-order valence-corrected chi connectivity index (χ3v) is 4.89. The van der Waals surface area contributed by atoms with E-state index >= 15 is 0 Å². The highest BCUT2D eigenvalue weighted by Crippen LogP contribution is 2.19. The van der Waals surface area contributed by atoms with Gasteiger partial charge in [-0.25, -0.2) is 0 Å². The normalized spacial score (nSPS) is 18.5. The molecule has 132 valence electrons. The van der Waals surface area contributed by atoms with Crippen LogP contribution in [-0.2, 0) is 4.74 Å². The SMILES string of the molecule is CCCCCCCCCCCCCCCCCC(O)C1CO1. The Balaban J connectivity index is 1.64. The van der Waals surface area contributed by atoms with Crippen LogP contribution in [0.4, 0.5) is 0 Å². The van der Waals surface area contributed by atoms with Crippen LogP contribution in [0.25, 0.3) is 0 Å². The van der Waals surface area contributed by atoms with E-state index in [2.05, 4.69) is 6.92 Å². The first-order valence-corrected chi connectivity index (χ1v) is 10.1. The minimum Gasteiger partial charge on any atom is -0.390 e. The molecule has 1 rings (SSSR count). The van der Waals surface area contributed by atoms with Gasteiger partial charge in [0.1, 0.15) is 6.10 Å². The van der Waals surface area contributed by atoms with Crippen LogP contribution in [0.3, 0.4) is 0 Å². The summed E-state index contributed by atoms with van der Waals surface area (Å²) in [7, 11) is 0. The van der Waals surface area contributed by atoms with E-state index in [1.807, 2.05) is 0 Å². The lowest BCUT2D eigenvalue weighted by atomic mass is 10.0. The third kappa shape index (κ3) is 12.5. The molecular formula is C20H40O2. The Morgan fingerprint density at radius 3 is 1.45 bits per heavy atom. The molecule has 0 aromatic rings. The Morgan fingerprint density at radius 2 is 1.09 bits per heavy atom. The Kier molecular flexibility index (Phi) is 13.2. The molecule has 2 heteroatoms. The van der Waals surface area contributed by atoms with Gasteiger partial charge < -0.3 is 9.84 Å². The van der Waals surface area contributed by atoms with Crippen LogP contribution < -0.4 is 0 Å². The summed E-state index contributed by atoms with van der Waals surface area (Å²) in [6.45, 7) is 3.06. The predicted octanol–water partition coefficient (Wildman–Crippen LogP) is 6.01. The number of hydrogen-bond acceptors (Lipinski definition) is 2. The van der Waals surface area contributed by atoms with Crippen LogP contribution in [0.1, 0.15) is 110 Å². The summed E-state index contributed by atoms with van der Waals surface area (Å²) in [6, 6.07) is 0. The molecule has 1 fully saturated rings. The first kappa shape index (κ1) is 20.0. The van der Waals surface area contributed by atoms with Crippen LogP contribution in [0.15, 0.2) is 0 Å². The van der Waals surface area contributed by atoms with Gasteiger partial charge in [0.2, 0.25) is 0 Å². The number of aliphatic hydroxyl groups is 1. The molecular weight excluding hydrogens is 272 g/mol. The first-order valence-electron chi connectivity index (χ1n) is 10.1. The molecule has 0 saturated carbocycles. The maximum absolute atomic E-state index is 9.67. The van der Waals surface area contributed by atoms with E-state index in [0.717, 1.165) is 13.0 Å². The van der Waals surface area contributed by atoms with Crippen molar-refractivity contribution in [2.24, 2.45) is 0 Å². The van der Waals surface area contributed by atoms with Crippen LogP contribution in [0.5, 0.6) is 0 Å². The Hall–Kier alpha value is -0.0800. The zero-order chi connectivity index (χ0) is 15.9. The molecule has 0 spiro atoms. The van der Waals surface area contributed by atoms with Gasteiger partial charge in [0.25, 0.3) is 0 Å². The average molecular weight is 313 g/mol. The standard InChI is InChI=1S/C20H40O2/c1-2-3-4-5-6-7-8-9-10-11-12-13-14-15-16-17-19(21)20-18-22-20/h19-21H,2-18H2,1H3. The fraction of sp³-hybridized carbons (Fsp3) is 1.00. The Morgan fingerprint density at radius 1 is 0.727 bits per heavy atom. The van der Waals surface area contributed by atoms with E-state index in [4.69, 9.17) is 4.74 Å². The summed E-state index contributed by atoms with van der Waals surface area (Å²) < 4.78 is 5.10. The molecule has 0 aromatic heterocycles. The van der Waals surface area contributed by atoms with E-state index in [9.17, 15) is 5.11 Å². The topological polar surface area (TPSA) is 32.8 Å². The molecule has 0 aromatic carbocycles. The van der Waals surface area contributed by atoms with Gasteiger partial charge in [0.05, 0.1) is 12.7 Å². The molecule has 2 atom stereocenters. The van der Waals surface area contributed by atoms with Gasteiger partial charge in [-0.05, 0) is 6.42 Å². The summed E-state index contributed by atoms with van der Waals surface area (Å²) in [5.41, 5.74) is 0. The molecule has 1 aliphatic rings. The van der Waals surface area contributed by atoms with Crippen molar-refractivity contribution in [2.45, 2.75) is 122 Å². The van der Waals surface area contributed by atoms with Gasteiger partial charge in [0.15, 0.2) is 0 Å². The van der Waals surface area contributed by atoms with Crippen molar-refractivity contribution in [2.75, 3.05) is 6.61 Å². The molecule has 1 aliphatic heterocycles. The number of ether oxygens (including phenoxy) is 1. The van der Waals surface area contributed by atoms with Crippen molar-refractivity contribution < 1.29 is 9.84 Å². The lowest BCUT2D eigenvalue weighted by Gasteiger charge is -2.06. The fourth-order valence-corrected chi connectivity index (χ4v) is 3.19. The minimum absolute atomic E-state index is 0.173. The van der Waals surface area contributed by atoms with E-state index in [-0.39, 0.29) is 12.2 Å². The first-order chi connectivity index (χ1) is 10.8. The van der Waals surface area contributed by atoms with Crippen LogP contribution in [-0.4, -0.2) is 23.9 Å². The summed E-state index contributed by atoms with van der Waals surface area (Å²) in [6.07, 6.45) is 21.8. The number of rotatable bonds is 17. The quantitative estimate of drug-likeness (QED) is 0.263. The van der Waals surface area contributed by atoms with Gasteiger partial charge in [-0.3, -0.25) is 0 Å². The summed E-state index contributed by atoms with van der Waals surface area (Å²) in [5.74, 6) is 0. The minimum atomic E-state index is -0.193. The Bertz CT molecular complexity index is 226. The number of epoxide rings is 1. The van der Waals surface area contributed by atoms with Gasteiger partial charge >= 0.3 is 0 Å². The fourth-order valence-electron chi connectivity index (χ4n) is 3.19. The second kappa shape index (κ2) is 14.5. The van der Waals surface area contributed by atoms with Gasteiger partial charge in [-0.2, -0.15) is 0 Å². The molecule has 1 N–H and O–H groups in total. The summed E-state index contributed by atoms with van der Waals surface area (Å²) >= 11 is 0. The second-order valence-electron chi connectivity index (χ2n) is 7.18. The van der Waals surface area contributed by atoms with E-state index < -0.39 is 0 Å². The molecule has 2 nitrogen and oxygen atoms in total. The average Bonchev–Trinajstić information content (AvgIpc) is 3.36. The monoisotopic (exact) mass is 312 g/mol. The molecule has 2 unspecified atom stereocenters. The number of unbranched alkanes of at least 4 members (excludes halogenated alkanes) is 14. The van der Waals surface area contributed by atoms with Gasteiger partial charge in [-0.1, -0.05) is 103 Å². The molecule has 0 amide bonds. The highest BCUT2D eigenvalue weighted by atomic mass is 16.6. The predicted molar refractivity (Wildman–Crippen MR) is 95.3 cm³/mol. The molecule has 0 radical (unpaired) electrons. The Labute approximate surface area is 139 Å². The largest absolute Gasteiger partial charge is 0.390 e. The molecule has 22 heavy (non-hydrogen) atoms. The van der Waals surface area contributed by atoms with Gasteiger partial charge in [0, 0.05) is 0 Å². The number of hydrogen-bond donors (Lipinski definition) is 1. The molecule has 0 bridgehead atoms. The lowest BCUT2D eigenvalue weighted by Crippen LogP contribution is -2.13. The van der Waals surface area contributed by atoms with E-state index in [1.54, 1.807) is 0 Å². The molecule has 1 heterocycles. The second-order valence-corrected chi connectivity index (χ2v) is 7.18. The zero-order valence-electron chi connectivity index (χ0n) is 15.0. The molecule has 0 aliphatic carbocycles. The van der Waals surface area contributed by atoms with Gasteiger partial charge in [-0.15, -0.1) is 0 Å². The van der Waals surface area contributed by atoms with Crippen molar-refractivity contribution in [3.8, 4) is 0 Å². The number of aliphatic hydroxyl groups excluding tert-OH is 1. The van der Waals surface area contributed by atoms with Crippen molar-refractivity contribution in [3.05, 3.63) is 0 Å². The van der Waals surface area contributed by atoms with Crippen molar-refractivity contribution in [1.29, 1.82) is 0 Å². The maximum Gasteiger partial charge on any atom is 0.107 e. The zero-order valence-corrected chi connectivity index (χ0v) is 15.0. The van der Waals surface area contributed by atoms with Crippen molar-refractivity contribution in [1.82, 2.24) is 0 Å². The maximum atomic E-state index is 9.67. The van der Waals surface area contributed by atoms with Crippen LogP contribution >= 0.6 is 0 Å². The van der Waals surface area contributed by atoms with Crippen LogP contribution in [0.2, 0.25) is 0 Å². The van der Waals surface area contributed by atoms with Crippen molar-refractivity contribution >= 4 is 0 Å². The highest BCUT2D eigenvalue weighted by Gasteiger charge is 2.30. The summed E-state index contributed by atoms with van der Waals surface area (Å²) in [5, 5.41) is 9.67. The smallest absolute Gasteiger partial charge is 0.107 e. The van der Waals surface area contributed by atoms with Crippen molar-refractivity contribution in [3.63, 3.8) is 0 Å². The highest BCUT2D eigenvalue weighted by molar-refractivity contribution is 4.77. The third-order valence-electron chi connectivity index (χ3n) is 4.89. The summed E-state index contributed by atoms with van der Waals surface area (Å²) in [4.78, 5) is 0. The lowest BCUT2D eigenvalue weighted by molar-refractivity contribution is 0.123. The van der Waals surface area contributed by atoms with E-state index in [1.165, 1.54) is 96.3 Å².